The standard InChI is InChI=1S/C10H21NOS/c1-2-3-6-11(8-9-12)7-4-5-10-13/h4-5,12-13H,2-3,6-10H2,1H3. The van der Waals surface area contributed by atoms with Crippen LogP contribution >= 0.6 is 12.6 Å². The summed E-state index contributed by atoms with van der Waals surface area (Å²) in [5.41, 5.74) is 0. The van der Waals surface area contributed by atoms with Gasteiger partial charge in [0.25, 0.3) is 0 Å². The minimum atomic E-state index is 0.248. The van der Waals surface area contributed by atoms with Crippen LogP contribution in [0.25, 0.3) is 0 Å². The Balaban J connectivity index is 3.59. The van der Waals surface area contributed by atoms with Crippen LogP contribution < -0.4 is 0 Å². The van der Waals surface area contributed by atoms with Gasteiger partial charge in [-0.1, -0.05) is 25.5 Å². The van der Waals surface area contributed by atoms with Crippen molar-refractivity contribution in [2.75, 3.05) is 32.0 Å². The third-order valence-electron chi connectivity index (χ3n) is 1.88. The molecule has 0 saturated carbocycles. The van der Waals surface area contributed by atoms with Gasteiger partial charge in [-0.2, -0.15) is 12.6 Å². The van der Waals surface area contributed by atoms with Gasteiger partial charge in [0, 0.05) is 18.8 Å². The third-order valence-corrected chi connectivity index (χ3v) is 2.09. The highest BCUT2D eigenvalue weighted by Crippen LogP contribution is 1.95. The Labute approximate surface area is 87.0 Å². The Morgan fingerprint density at radius 2 is 2.08 bits per heavy atom. The number of hydrogen-bond donors (Lipinski definition) is 2. The summed E-state index contributed by atoms with van der Waals surface area (Å²) in [4.78, 5) is 2.25. The fourth-order valence-electron chi connectivity index (χ4n) is 1.12. The number of unbranched alkanes of at least 4 members (excludes halogenated alkanes) is 1. The van der Waals surface area contributed by atoms with Gasteiger partial charge in [-0.05, 0) is 13.0 Å². The molecule has 0 aliphatic rings. The number of thiol groups is 1. The van der Waals surface area contributed by atoms with Crippen LogP contribution in [0.2, 0.25) is 0 Å². The predicted molar refractivity (Wildman–Crippen MR) is 61.4 cm³/mol. The van der Waals surface area contributed by atoms with Gasteiger partial charge in [-0.25, -0.2) is 0 Å². The molecule has 0 rings (SSSR count). The lowest BCUT2D eigenvalue weighted by Crippen LogP contribution is -2.28. The molecule has 0 fully saturated rings. The summed E-state index contributed by atoms with van der Waals surface area (Å²) >= 11 is 4.09. The summed E-state index contributed by atoms with van der Waals surface area (Å²) in [6.07, 6.45) is 6.56. The highest BCUT2D eigenvalue weighted by molar-refractivity contribution is 7.80. The molecule has 0 aliphatic carbocycles. The van der Waals surface area contributed by atoms with Crippen LogP contribution in [0.1, 0.15) is 19.8 Å². The Morgan fingerprint density at radius 3 is 2.62 bits per heavy atom. The molecule has 0 aliphatic heterocycles. The van der Waals surface area contributed by atoms with Gasteiger partial charge in [0.2, 0.25) is 0 Å². The van der Waals surface area contributed by atoms with Gasteiger partial charge in [-0.3, -0.25) is 4.90 Å². The van der Waals surface area contributed by atoms with Gasteiger partial charge in [0.15, 0.2) is 0 Å². The minimum Gasteiger partial charge on any atom is -0.395 e. The van der Waals surface area contributed by atoms with Crippen LogP contribution in [-0.4, -0.2) is 42.0 Å². The molecular formula is C10H21NOS. The van der Waals surface area contributed by atoms with Crippen molar-refractivity contribution in [3.63, 3.8) is 0 Å². The van der Waals surface area contributed by atoms with E-state index in [2.05, 4.69) is 30.5 Å². The fraction of sp³-hybridized carbons (Fsp3) is 0.800. The van der Waals surface area contributed by atoms with Crippen molar-refractivity contribution in [3.05, 3.63) is 12.2 Å². The largest absolute Gasteiger partial charge is 0.395 e. The lowest BCUT2D eigenvalue weighted by Gasteiger charge is -2.18. The Bertz CT molecular complexity index is 128. The topological polar surface area (TPSA) is 23.5 Å². The summed E-state index contributed by atoms with van der Waals surface area (Å²) in [6.45, 7) is 5.21. The molecule has 3 heteroatoms. The first-order chi connectivity index (χ1) is 6.35. The van der Waals surface area contributed by atoms with Gasteiger partial charge in [0.1, 0.15) is 0 Å². The van der Waals surface area contributed by atoms with Gasteiger partial charge < -0.3 is 5.11 Å². The molecule has 0 atom stereocenters. The average molecular weight is 203 g/mol. The van der Waals surface area contributed by atoms with Gasteiger partial charge in [0.05, 0.1) is 6.61 Å². The van der Waals surface area contributed by atoms with Crippen molar-refractivity contribution in [1.82, 2.24) is 4.90 Å². The van der Waals surface area contributed by atoms with Crippen molar-refractivity contribution in [2.24, 2.45) is 0 Å². The minimum absolute atomic E-state index is 0.248. The molecule has 0 unspecified atom stereocenters. The zero-order chi connectivity index (χ0) is 9.94. The van der Waals surface area contributed by atoms with E-state index in [0.717, 1.165) is 25.4 Å². The lowest BCUT2D eigenvalue weighted by atomic mass is 10.3. The number of aliphatic hydroxyl groups excluding tert-OH is 1. The maximum atomic E-state index is 8.81. The summed E-state index contributed by atoms with van der Waals surface area (Å²) < 4.78 is 0. The maximum Gasteiger partial charge on any atom is 0.0558 e. The second kappa shape index (κ2) is 10.1. The molecule has 0 aromatic heterocycles. The van der Waals surface area contributed by atoms with Crippen LogP contribution in [-0.2, 0) is 0 Å². The van der Waals surface area contributed by atoms with Crippen molar-refractivity contribution in [1.29, 1.82) is 0 Å². The summed E-state index contributed by atoms with van der Waals surface area (Å²) in [6, 6.07) is 0. The van der Waals surface area contributed by atoms with E-state index in [1.165, 1.54) is 12.8 Å². The van der Waals surface area contributed by atoms with Crippen molar-refractivity contribution < 1.29 is 5.11 Å². The first-order valence-electron chi connectivity index (χ1n) is 4.94. The highest BCUT2D eigenvalue weighted by Gasteiger charge is 1.99. The van der Waals surface area contributed by atoms with Crippen molar-refractivity contribution >= 4 is 12.6 Å². The fourth-order valence-corrected chi connectivity index (χ4v) is 1.26. The molecule has 0 aromatic rings. The van der Waals surface area contributed by atoms with Crippen LogP contribution in [0.5, 0.6) is 0 Å². The van der Waals surface area contributed by atoms with Gasteiger partial charge in [-0.15, -0.1) is 0 Å². The number of nitrogens with zero attached hydrogens (tertiary/aromatic N) is 1. The molecule has 78 valence electrons. The molecule has 2 nitrogen and oxygen atoms in total. The van der Waals surface area contributed by atoms with E-state index in [-0.39, 0.29) is 6.61 Å². The van der Waals surface area contributed by atoms with Crippen LogP contribution in [0.4, 0.5) is 0 Å². The molecule has 0 saturated heterocycles. The average Bonchev–Trinajstić information content (AvgIpc) is 2.14. The van der Waals surface area contributed by atoms with Crippen molar-refractivity contribution in [2.45, 2.75) is 19.8 Å². The monoisotopic (exact) mass is 203 g/mol. The summed E-state index contributed by atoms with van der Waals surface area (Å²) in [5.74, 6) is 0.792. The predicted octanol–water partition coefficient (Wildman–Crippen LogP) is 1.57. The molecule has 0 bridgehead atoms. The second-order valence-corrected chi connectivity index (χ2v) is 3.40. The molecule has 0 amide bonds. The van der Waals surface area contributed by atoms with E-state index in [4.69, 9.17) is 5.11 Å². The van der Waals surface area contributed by atoms with E-state index < -0.39 is 0 Å². The molecule has 0 spiro atoms. The van der Waals surface area contributed by atoms with E-state index in [9.17, 15) is 0 Å². The normalized spacial score (nSPS) is 11.7. The molecule has 0 heterocycles. The number of aliphatic hydroxyl groups is 1. The first-order valence-corrected chi connectivity index (χ1v) is 5.57. The summed E-state index contributed by atoms with van der Waals surface area (Å²) in [5, 5.41) is 8.81. The van der Waals surface area contributed by atoms with Crippen LogP contribution in [0.15, 0.2) is 12.2 Å². The van der Waals surface area contributed by atoms with E-state index in [0.29, 0.717) is 0 Å². The van der Waals surface area contributed by atoms with Gasteiger partial charge >= 0.3 is 0 Å². The van der Waals surface area contributed by atoms with E-state index in [1.807, 2.05) is 6.08 Å². The third kappa shape index (κ3) is 8.34. The molecule has 1 N–H and O–H groups in total. The SMILES string of the molecule is CCCCN(CC=CCS)CCO. The maximum absolute atomic E-state index is 8.81. The number of rotatable bonds is 8. The highest BCUT2D eigenvalue weighted by atomic mass is 32.1. The lowest BCUT2D eigenvalue weighted by molar-refractivity contribution is 0.206. The Kier molecular flexibility index (Phi) is 10.1. The first kappa shape index (κ1) is 13.0. The van der Waals surface area contributed by atoms with Crippen LogP contribution in [0, 0.1) is 0 Å². The quantitative estimate of drug-likeness (QED) is 0.462. The number of hydrogen-bond acceptors (Lipinski definition) is 3. The zero-order valence-corrected chi connectivity index (χ0v) is 9.34. The smallest absolute Gasteiger partial charge is 0.0558 e. The summed E-state index contributed by atoms with van der Waals surface area (Å²) in [7, 11) is 0. The molecule has 0 aromatic carbocycles. The Hall–Kier alpha value is 0.01000. The van der Waals surface area contributed by atoms with E-state index in [1.54, 1.807) is 0 Å². The zero-order valence-electron chi connectivity index (χ0n) is 8.45. The Morgan fingerprint density at radius 1 is 1.31 bits per heavy atom. The second-order valence-electron chi connectivity index (χ2n) is 3.03. The van der Waals surface area contributed by atoms with Crippen LogP contribution in [0.3, 0.4) is 0 Å². The molecular weight excluding hydrogens is 182 g/mol. The molecule has 13 heavy (non-hydrogen) atoms. The van der Waals surface area contributed by atoms with E-state index >= 15 is 0 Å². The van der Waals surface area contributed by atoms with Crippen molar-refractivity contribution in [3.8, 4) is 0 Å². The molecule has 0 radical (unpaired) electrons.